The summed E-state index contributed by atoms with van der Waals surface area (Å²) >= 11 is 0. The monoisotopic (exact) mass is 464 g/mol. The highest BCUT2D eigenvalue weighted by molar-refractivity contribution is 6.12. The zero-order chi connectivity index (χ0) is 23.7. The minimum atomic E-state index is -0.161. The second-order valence-electron chi connectivity index (χ2n) is 11.2. The number of carbonyl (C=O) groups excluding carboxylic acids is 2. The number of benzene rings is 1. The number of hydrogen-bond donors (Lipinski definition) is 1. The quantitative estimate of drug-likeness (QED) is 0.413. The fraction of sp³-hybridized carbons (Fsp3) is 0.655. The van der Waals surface area contributed by atoms with Crippen LogP contribution in [-0.2, 0) is 16.0 Å². The molecule has 0 bridgehead atoms. The van der Waals surface area contributed by atoms with E-state index in [1.54, 1.807) is 12.7 Å². The van der Waals surface area contributed by atoms with E-state index < -0.39 is 0 Å². The standard InChI is InChI=1S/C29H40N2O3/c1-29-16-15-23-22-10-8-21(34-2)19-20(22)7-9-24(23)25(29)11-12-26(29)30-17-5-3-4-6-18-31-27(32)13-14-28(31)33/h8,10,13-14,19,23-26,30H,3-7,9,11-12,15-18H2,1-2H3/t23-,24-,25+,26+,29+/m1/s1. The Balaban J connectivity index is 1.08. The van der Waals surface area contributed by atoms with Crippen LogP contribution in [-0.4, -0.2) is 43.0 Å². The number of hydrogen-bond acceptors (Lipinski definition) is 4. The number of methoxy groups -OCH3 is 1. The van der Waals surface area contributed by atoms with Gasteiger partial charge in [-0.3, -0.25) is 14.5 Å². The van der Waals surface area contributed by atoms with E-state index in [0.717, 1.165) is 49.3 Å². The fourth-order valence-corrected chi connectivity index (χ4v) is 7.70. The Bertz CT molecular complexity index is 939. The molecule has 0 saturated heterocycles. The summed E-state index contributed by atoms with van der Waals surface area (Å²) in [7, 11) is 1.77. The number of amides is 2. The minimum Gasteiger partial charge on any atom is -0.497 e. The van der Waals surface area contributed by atoms with E-state index in [1.165, 1.54) is 67.6 Å². The van der Waals surface area contributed by atoms with Crippen molar-refractivity contribution in [2.45, 2.75) is 83.1 Å². The molecule has 2 saturated carbocycles. The van der Waals surface area contributed by atoms with Crippen molar-refractivity contribution in [1.82, 2.24) is 10.2 Å². The van der Waals surface area contributed by atoms with Crippen LogP contribution in [0.2, 0.25) is 0 Å². The first-order valence-corrected chi connectivity index (χ1v) is 13.4. The van der Waals surface area contributed by atoms with Crippen molar-refractivity contribution in [3.05, 3.63) is 41.5 Å². The van der Waals surface area contributed by atoms with Crippen LogP contribution in [0.4, 0.5) is 0 Å². The lowest BCUT2D eigenvalue weighted by Gasteiger charge is -2.51. The van der Waals surface area contributed by atoms with Gasteiger partial charge >= 0.3 is 0 Å². The van der Waals surface area contributed by atoms with Crippen LogP contribution in [0.3, 0.4) is 0 Å². The highest BCUT2D eigenvalue weighted by Gasteiger charge is 2.54. The van der Waals surface area contributed by atoms with Crippen LogP contribution in [0.5, 0.6) is 5.75 Å². The SMILES string of the molecule is COc1ccc2c(c1)CC[C@@H]1[C@@H]2CC[C@]2(C)[C@@H](NCCCCCCN3C(=O)C=CC3=O)CC[C@@H]12. The smallest absolute Gasteiger partial charge is 0.253 e. The van der Waals surface area contributed by atoms with E-state index in [0.29, 0.717) is 18.0 Å². The predicted octanol–water partition coefficient (Wildman–Crippen LogP) is 4.99. The fourth-order valence-electron chi connectivity index (χ4n) is 7.70. The molecule has 2 amide bonds. The second kappa shape index (κ2) is 9.85. The van der Waals surface area contributed by atoms with Gasteiger partial charge in [-0.1, -0.05) is 25.8 Å². The summed E-state index contributed by atoms with van der Waals surface area (Å²) in [5.41, 5.74) is 3.55. The molecule has 184 valence electrons. The van der Waals surface area contributed by atoms with Crippen LogP contribution in [0.25, 0.3) is 0 Å². The van der Waals surface area contributed by atoms with Crippen LogP contribution < -0.4 is 10.1 Å². The summed E-state index contributed by atoms with van der Waals surface area (Å²) in [6.07, 6.45) is 14.9. The Kier molecular flexibility index (Phi) is 6.83. The van der Waals surface area contributed by atoms with Gasteiger partial charge in [-0.05, 0) is 104 Å². The number of rotatable bonds is 9. The van der Waals surface area contributed by atoms with Crippen molar-refractivity contribution in [3.8, 4) is 5.75 Å². The molecule has 3 aliphatic carbocycles. The number of aryl methyl sites for hydroxylation is 1. The molecule has 0 unspecified atom stereocenters. The third kappa shape index (κ3) is 4.32. The van der Waals surface area contributed by atoms with Crippen molar-refractivity contribution in [2.75, 3.05) is 20.2 Å². The van der Waals surface area contributed by atoms with Crippen LogP contribution in [0, 0.1) is 17.3 Å². The maximum Gasteiger partial charge on any atom is 0.253 e. The van der Waals surface area contributed by atoms with Crippen molar-refractivity contribution < 1.29 is 14.3 Å². The minimum absolute atomic E-state index is 0.161. The van der Waals surface area contributed by atoms with E-state index in [9.17, 15) is 9.59 Å². The summed E-state index contributed by atoms with van der Waals surface area (Å²) in [5, 5.41) is 3.95. The third-order valence-corrected chi connectivity index (χ3v) is 9.53. The van der Waals surface area contributed by atoms with Gasteiger partial charge in [-0.15, -0.1) is 0 Å². The number of nitrogens with one attached hydrogen (secondary N) is 1. The first-order chi connectivity index (χ1) is 16.5. The van der Waals surface area contributed by atoms with E-state index in [4.69, 9.17) is 4.74 Å². The lowest BCUT2D eigenvalue weighted by atomic mass is 9.55. The first kappa shape index (κ1) is 23.6. The normalized spacial score (nSPS) is 32.0. The summed E-state index contributed by atoms with van der Waals surface area (Å²) in [5.74, 6) is 3.08. The Hall–Kier alpha value is -2.14. The van der Waals surface area contributed by atoms with E-state index in [1.807, 2.05) is 0 Å². The van der Waals surface area contributed by atoms with Gasteiger partial charge in [-0.25, -0.2) is 0 Å². The number of imide groups is 1. The zero-order valence-electron chi connectivity index (χ0n) is 20.9. The van der Waals surface area contributed by atoms with Crippen molar-refractivity contribution in [1.29, 1.82) is 0 Å². The maximum atomic E-state index is 11.6. The zero-order valence-corrected chi connectivity index (χ0v) is 20.9. The van der Waals surface area contributed by atoms with Gasteiger partial charge in [-0.2, -0.15) is 0 Å². The largest absolute Gasteiger partial charge is 0.497 e. The molecule has 5 heteroatoms. The van der Waals surface area contributed by atoms with Crippen LogP contribution in [0.1, 0.15) is 81.8 Å². The molecule has 1 aliphatic heterocycles. The molecule has 1 aromatic carbocycles. The molecular formula is C29H40N2O3. The Morgan fingerprint density at radius 1 is 1.03 bits per heavy atom. The van der Waals surface area contributed by atoms with Gasteiger partial charge in [0.2, 0.25) is 0 Å². The predicted molar refractivity (Wildman–Crippen MR) is 134 cm³/mol. The molecule has 1 heterocycles. The van der Waals surface area contributed by atoms with Gasteiger partial charge in [0.1, 0.15) is 5.75 Å². The van der Waals surface area contributed by atoms with Gasteiger partial charge in [0.15, 0.2) is 0 Å². The number of fused-ring (bicyclic) bond motifs is 5. The molecule has 1 N–H and O–H groups in total. The Morgan fingerprint density at radius 2 is 1.82 bits per heavy atom. The van der Waals surface area contributed by atoms with E-state index in [-0.39, 0.29) is 11.8 Å². The summed E-state index contributed by atoms with van der Waals surface area (Å²) < 4.78 is 5.48. The number of carbonyl (C=O) groups is 2. The van der Waals surface area contributed by atoms with E-state index in [2.05, 4.69) is 30.4 Å². The first-order valence-electron chi connectivity index (χ1n) is 13.4. The lowest BCUT2D eigenvalue weighted by Crippen LogP contribution is -2.48. The second-order valence-corrected chi connectivity index (χ2v) is 11.2. The summed E-state index contributed by atoms with van der Waals surface area (Å²) in [6, 6.07) is 7.42. The Labute approximate surface area is 204 Å². The molecule has 1 aromatic rings. The molecular weight excluding hydrogens is 424 g/mol. The maximum absolute atomic E-state index is 11.6. The van der Waals surface area contributed by atoms with E-state index >= 15 is 0 Å². The summed E-state index contributed by atoms with van der Waals surface area (Å²) in [4.78, 5) is 24.6. The van der Waals surface area contributed by atoms with Gasteiger partial charge < -0.3 is 10.1 Å². The number of ether oxygens (including phenoxy) is 1. The third-order valence-electron chi connectivity index (χ3n) is 9.53. The van der Waals surface area contributed by atoms with Crippen LogP contribution in [0.15, 0.2) is 30.4 Å². The van der Waals surface area contributed by atoms with Gasteiger partial charge in [0.05, 0.1) is 7.11 Å². The number of nitrogens with zero attached hydrogens (tertiary/aromatic N) is 1. The molecule has 5 rings (SSSR count). The average Bonchev–Trinajstić information content (AvgIpc) is 3.36. The summed E-state index contributed by atoms with van der Waals surface area (Å²) in [6.45, 7) is 4.20. The highest BCUT2D eigenvalue weighted by atomic mass is 16.5. The molecule has 34 heavy (non-hydrogen) atoms. The molecule has 0 radical (unpaired) electrons. The topological polar surface area (TPSA) is 58.6 Å². The van der Waals surface area contributed by atoms with Gasteiger partial charge in [0, 0.05) is 24.7 Å². The van der Waals surface area contributed by atoms with Crippen molar-refractivity contribution in [3.63, 3.8) is 0 Å². The lowest BCUT2D eigenvalue weighted by molar-refractivity contribution is -0.136. The van der Waals surface area contributed by atoms with Gasteiger partial charge in [0.25, 0.3) is 11.8 Å². The Morgan fingerprint density at radius 3 is 2.62 bits per heavy atom. The highest BCUT2D eigenvalue weighted by Crippen LogP contribution is 2.61. The molecule has 5 nitrogen and oxygen atoms in total. The molecule has 4 aliphatic rings. The average molecular weight is 465 g/mol. The molecule has 2 fully saturated rings. The molecule has 0 aromatic heterocycles. The van der Waals surface area contributed by atoms with Crippen molar-refractivity contribution >= 4 is 11.8 Å². The number of unbranched alkanes of at least 4 members (excludes halogenated alkanes) is 3. The van der Waals surface area contributed by atoms with Crippen molar-refractivity contribution in [2.24, 2.45) is 17.3 Å². The molecule has 0 spiro atoms. The van der Waals surface area contributed by atoms with Crippen LogP contribution >= 0.6 is 0 Å². The molecule has 5 atom stereocenters.